The van der Waals surface area contributed by atoms with Crippen LogP contribution in [0.2, 0.25) is 0 Å². The lowest BCUT2D eigenvalue weighted by Gasteiger charge is -2.32. The number of nitrogens with zero attached hydrogens (tertiary/aromatic N) is 5. The summed E-state index contributed by atoms with van der Waals surface area (Å²) in [4.78, 5) is 14.8. The van der Waals surface area contributed by atoms with Crippen LogP contribution in [0.4, 0.5) is 23.0 Å². The van der Waals surface area contributed by atoms with Crippen molar-refractivity contribution >= 4 is 23.0 Å². The van der Waals surface area contributed by atoms with Crippen LogP contribution in [0.1, 0.15) is 0 Å². The molecule has 0 atom stereocenters. The van der Waals surface area contributed by atoms with Crippen molar-refractivity contribution in [1.82, 2.24) is 24.9 Å². The minimum Gasteiger partial charge on any atom is -0.393 e. The van der Waals surface area contributed by atoms with Gasteiger partial charge in [-0.05, 0) is 19.2 Å². The number of pyridine rings is 1. The molecule has 0 bridgehead atoms. The molecular weight excluding hydrogens is 280 g/mol. The van der Waals surface area contributed by atoms with E-state index in [1.807, 2.05) is 12.1 Å². The van der Waals surface area contributed by atoms with Gasteiger partial charge >= 0.3 is 0 Å². The Bertz CT molecular complexity index is 609. The summed E-state index contributed by atoms with van der Waals surface area (Å²) < 4.78 is 0. The van der Waals surface area contributed by atoms with Gasteiger partial charge in [-0.1, -0.05) is 0 Å². The molecule has 116 valence electrons. The van der Waals surface area contributed by atoms with Gasteiger partial charge in [0.2, 0.25) is 0 Å². The molecule has 0 unspecified atom stereocenters. The Morgan fingerprint density at radius 2 is 1.91 bits per heavy atom. The summed E-state index contributed by atoms with van der Waals surface area (Å²) in [5.41, 5.74) is 10.8. The van der Waals surface area contributed by atoms with Crippen LogP contribution in [0.15, 0.2) is 30.9 Å². The zero-order valence-electron chi connectivity index (χ0n) is 12.5. The Balaban J connectivity index is 1.71. The topological polar surface area (TPSA) is 95.2 Å². The number of hydrogen-bond acceptors (Lipinski definition) is 8. The second-order valence-corrected chi connectivity index (χ2v) is 5.25. The van der Waals surface area contributed by atoms with Crippen molar-refractivity contribution in [2.45, 2.75) is 0 Å². The lowest BCUT2D eigenvalue weighted by molar-refractivity contribution is 0.178. The number of piperazine rings is 1. The number of anilines is 4. The number of nitrogens with two attached hydrogens (primary N) is 1. The zero-order valence-corrected chi connectivity index (χ0v) is 12.5. The van der Waals surface area contributed by atoms with Gasteiger partial charge in [0.05, 0.1) is 11.9 Å². The van der Waals surface area contributed by atoms with Gasteiger partial charge in [0.25, 0.3) is 0 Å². The SMILES string of the molecule is CN1CCN(Nc2ncnc(Nc3cccnc3)c2N)CC1. The highest BCUT2D eigenvalue weighted by Crippen LogP contribution is 2.25. The van der Waals surface area contributed by atoms with Crippen molar-refractivity contribution < 1.29 is 0 Å². The van der Waals surface area contributed by atoms with Gasteiger partial charge in [0, 0.05) is 32.4 Å². The van der Waals surface area contributed by atoms with E-state index in [-0.39, 0.29) is 0 Å². The molecule has 0 saturated carbocycles. The molecule has 22 heavy (non-hydrogen) atoms. The lowest BCUT2D eigenvalue weighted by Crippen LogP contribution is -2.47. The van der Waals surface area contributed by atoms with Crippen LogP contribution >= 0.6 is 0 Å². The molecule has 2 aromatic heterocycles. The van der Waals surface area contributed by atoms with E-state index >= 15 is 0 Å². The number of hydrazine groups is 1. The van der Waals surface area contributed by atoms with Gasteiger partial charge in [-0.3, -0.25) is 4.98 Å². The lowest BCUT2D eigenvalue weighted by atomic mass is 10.3. The van der Waals surface area contributed by atoms with E-state index in [1.54, 1.807) is 12.4 Å². The first-order chi connectivity index (χ1) is 10.7. The minimum atomic E-state index is 0.491. The van der Waals surface area contributed by atoms with Crippen molar-refractivity contribution in [3.05, 3.63) is 30.9 Å². The molecule has 1 aliphatic heterocycles. The van der Waals surface area contributed by atoms with E-state index in [0.717, 1.165) is 31.9 Å². The molecule has 8 nitrogen and oxygen atoms in total. The molecular formula is C14H20N8. The highest BCUT2D eigenvalue weighted by Gasteiger charge is 2.16. The van der Waals surface area contributed by atoms with E-state index < -0.39 is 0 Å². The van der Waals surface area contributed by atoms with Gasteiger partial charge in [-0.2, -0.15) is 0 Å². The zero-order chi connectivity index (χ0) is 15.4. The Kier molecular flexibility index (Phi) is 4.31. The maximum absolute atomic E-state index is 6.17. The molecule has 0 spiro atoms. The largest absolute Gasteiger partial charge is 0.393 e. The minimum absolute atomic E-state index is 0.491. The third kappa shape index (κ3) is 3.41. The van der Waals surface area contributed by atoms with Gasteiger partial charge in [-0.15, -0.1) is 0 Å². The van der Waals surface area contributed by atoms with Gasteiger partial charge in [0.1, 0.15) is 12.0 Å². The molecule has 8 heteroatoms. The van der Waals surface area contributed by atoms with Crippen molar-refractivity contribution in [3.63, 3.8) is 0 Å². The number of nitrogens with one attached hydrogen (secondary N) is 2. The molecule has 2 aromatic rings. The predicted molar refractivity (Wildman–Crippen MR) is 86.7 cm³/mol. The maximum atomic E-state index is 6.17. The third-order valence-corrected chi connectivity index (χ3v) is 3.58. The fraction of sp³-hybridized carbons (Fsp3) is 0.357. The van der Waals surface area contributed by atoms with Crippen molar-refractivity contribution in [1.29, 1.82) is 0 Å². The molecule has 0 amide bonds. The summed E-state index contributed by atoms with van der Waals surface area (Å²) in [7, 11) is 2.12. The van der Waals surface area contributed by atoms with E-state index in [2.05, 4.69) is 42.7 Å². The summed E-state index contributed by atoms with van der Waals surface area (Å²) in [5.74, 6) is 1.19. The first-order valence-corrected chi connectivity index (χ1v) is 7.20. The second kappa shape index (κ2) is 6.54. The Morgan fingerprint density at radius 3 is 2.64 bits per heavy atom. The first-order valence-electron chi connectivity index (χ1n) is 7.20. The van der Waals surface area contributed by atoms with Crippen LogP contribution in [0, 0.1) is 0 Å². The summed E-state index contributed by atoms with van der Waals surface area (Å²) >= 11 is 0. The van der Waals surface area contributed by atoms with Crippen LogP contribution in [0.5, 0.6) is 0 Å². The highest BCUT2D eigenvalue weighted by atomic mass is 15.5. The summed E-state index contributed by atoms with van der Waals surface area (Å²) in [6.07, 6.45) is 4.93. The average molecular weight is 300 g/mol. The van der Waals surface area contributed by atoms with Crippen LogP contribution in [-0.4, -0.2) is 58.1 Å². The standard InChI is InChI=1S/C14H20N8/c1-21-5-7-22(8-6-21)20-14-12(15)13(17-10-18-14)19-11-3-2-4-16-9-11/h2-4,9-10H,5-8,15H2,1H3,(H2,17,18,19,20). The third-order valence-electron chi connectivity index (χ3n) is 3.58. The normalized spacial score (nSPS) is 16.4. The van der Waals surface area contributed by atoms with Gasteiger partial charge < -0.3 is 21.4 Å². The predicted octanol–water partition coefficient (Wildman–Crippen LogP) is 0.772. The van der Waals surface area contributed by atoms with Crippen molar-refractivity contribution in [2.24, 2.45) is 0 Å². The van der Waals surface area contributed by atoms with Crippen LogP contribution in [0.25, 0.3) is 0 Å². The average Bonchev–Trinajstić information content (AvgIpc) is 2.54. The molecule has 3 rings (SSSR count). The van der Waals surface area contributed by atoms with Crippen LogP contribution in [-0.2, 0) is 0 Å². The molecule has 1 saturated heterocycles. The number of aromatic nitrogens is 3. The Hall–Kier alpha value is -2.45. The van der Waals surface area contributed by atoms with Crippen LogP contribution in [0.3, 0.4) is 0 Å². The monoisotopic (exact) mass is 300 g/mol. The second-order valence-electron chi connectivity index (χ2n) is 5.25. The molecule has 0 aliphatic carbocycles. The van der Waals surface area contributed by atoms with E-state index in [0.29, 0.717) is 17.3 Å². The molecule has 3 heterocycles. The fourth-order valence-corrected chi connectivity index (χ4v) is 2.23. The van der Waals surface area contributed by atoms with E-state index in [9.17, 15) is 0 Å². The fourth-order valence-electron chi connectivity index (χ4n) is 2.23. The van der Waals surface area contributed by atoms with Gasteiger partial charge in [0.15, 0.2) is 11.6 Å². The summed E-state index contributed by atoms with van der Waals surface area (Å²) in [6.45, 7) is 3.87. The summed E-state index contributed by atoms with van der Waals surface area (Å²) in [5, 5.41) is 5.27. The summed E-state index contributed by atoms with van der Waals surface area (Å²) in [6, 6.07) is 3.76. The number of nitrogen functional groups attached to an aromatic ring is 1. The number of rotatable bonds is 4. The number of hydrogen-bond donors (Lipinski definition) is 3. The van der Waals surface area contributed by atoms with E-state index in [4.69, 9.17) is 5.73 Å². The number of likely N-dealkylation sites (N-methyl/N-ethyl adjacent to an activating group) is 1. The Morgan fingerprint density at radius 1 is 1.14 bits per heavy atom. The maximum Gasteiger partial charge on any atom is 0.169 e. The van der Waals surface area contributed by atoms with Crippen molar-refractivity contribution in [3.8, 4) is 0 Å². The molecule has 0 aromatic carbocycles. The first kappa shape index (κ1) is 14.5. The molecule has 1 aliphatic rings. The van der Waals surface area contributed by atoms with Gasteiger partial charge in [-0.25, -0.2) is 15.0 Å². The van der Waals surface area contributed by atoms with E-state index in [1.165, 1.54) is 6.33 Å². The molecule has 4 N–H and O–H groups in total. The smallest absolute Gasteiger partial charge is 0.169 e. The Labute approximate surface area is 129 Å². The van der Waals surface area contributed by atoms with Crippen molar-refractivity contribution in [2.75, 3.05) is 49.7 Å². The highest BCUT2D eigenvalue weighted by molar-refractivity contribution is 5.77. The quantitative estimate of drug-likeness (QED) is 0.762. The van der Waals surface area contributed by atoms with Crippen LogP contribution < -0.4 is 16.5 Å². The molecule has 0 radical (unpaired) electrons. The molecule has 1 fully saturated rings.